The Labute approximate surface area is 84.3 Å². The molecule has 0 bridgehead atoms. The van der Waals surface area contributed by atoms with Crippen molar-refractivity contribution in [2.24, 2.45) is 5.73 Å². The highest BCUT2D eigenvalue weighted by Crippen LogP contribution is 1.99. The summed E-state index contributed by atoms with van der Waals surface area (Å²) >= 11 is 0. The van der Waals surface area contributed by atoms with Gasteiger partial charge in [-0.2, -0.15) is 0 Å². The lowest BCUT2D eigenvalue weighted by Gasteiger charge is -2.12. The number of rotatable bonds is 4. The zero-order valence-corrected chi connectivity index (χ0v) is 8.36. The van der Waals surface area contributed by atoms with Crippen molar-refractivity contribution in [2.75, 3.05) is 6.54 Å². The summed E-state index contributed by atoms with van der Waals surface area (Å²) in [6.07, 6.45) is 0.804. The molecule has 1 amide bonds. The molecule has 0 aliphatic rings. The van der Waals surface area contributed by atoms with Crippen LogP contribution in [0.15, 0.2) is 30.3 Å². The van der Waals surface area contributed by atoms with Crippen molar-refractivity contribution in [1.29, 1.82) is 0 Å². The highest BCUT2D eigenvalue weighted by Gasteiger charge is 2.07. The third-order valence-electron chi connectivity index (χ3n) is 2.01. The van der Waals surface area contributed by atoms with E-state index in [0.717, 1.165) is 6.42 Å². The maximum Gasteiger partial charge on any atom is 0.251 e. The van der Waals surface area contributed by atoms with E-state index in [0.29, 0.717) is 12.1 Å². The minimum Gasteiger partial charge on any atom is -0.350 e. The highest BCUT2D eigenvalue weighted by atomic mass is 16.1. The molecule has 0 fully saturated rings. The molecular formula is C11H16N2O. The van der Waals surface area contributed by atoms with Gasteiger partial charge in [-0.05, 0) is 32.0 Å². The van der Waals surface area contributed by atoms with E-state index in [1.54, 1.807) is 12.1 Å². The van der Waals surface area contributed by atoms with E-state index < -0.39 is 0 Å². The van der Waals surface area contributed by atoms with Crippen LogP contribution in [0.1, 0.15) is 23.7 Å². The smallest absolute Gasteiger partial charge is 0.251 e. The van der Waals surface area contributed by atoms with E-state index >= 15 is 0 Å². The summed E-state index contributed by atoms with van der Waals surface area (Å²) in [6, 6.07) is 9.31. The maximum atomic E-state index is 11.6. The number of nitrogens with one attached hydrogen (secondary N) is 1. The van der Waals surface area contributed by atoms with Crippen molar-refractivity contribution in [2.45, 2.75) is 19.4 Å². The Kier molecular flexibility index (Phi) is 4.13. The Morgan fingerprint density at radius 1 is 1.43 bits per heavy atom. The second kappa shape index (κ2) is 5.40. The average Bonchev–Trinajstić information content (AvgIpc) is 2.19. The number of carbonyl (C=O) groups excluding carboxylic acids is 1. The fourth-order valence-electron chi connectivity index (χ4n) is 1.22. The van der Waals surface area contributed by atoms with E-state index in [9.17, 15) is 4.79 Å². The Morgan fingerprint density at radius 2 is 2.07 bits per heavy atom. The van der Waals surface area contributed by atoms with Gasteiger partial charge in [-0.25, -0.2) is 0 Å². The molecule has 1 unspecified atom stereocenters. The van der Waals surface area contributed by atoms with E-state index in [2.05, 4.69) is 5.32 Å². The monoisotopic (exact) mass is 192 g/mol. The second-order valence-corrected chi connectivity index (χ2v) is 3.32. The summed E-state index contributed by atoms with van der Waals surface area (Å²) in [5.74, 6) is -0.0356. The SMILES string of the molecule is CC(CCN)NC(=O)c1ccccc1. The first-order chi connectivity index (χ1) is 6.74. The number of benzene rings is 1. The molecule has 1 atom stereocenters. The topological polar surface area (TPSA) is 55.1 Å². The molecule has 0 heterocycles. The number of nitrogens with two attached hydrogens (primary N) is 1. The zero-order chi connectivity index (χ0) is 10.4. The van der Waals surface area contributed by atoms with Gasteiger partial charge in [-0.1, -0.05) is 18.2 Å². The van der Waals surface area contributed by atoms with Gasteiger partial charge in [0, 0.05) is 11.6 Å². The molecule has 0 spiro atoms. The lowest BCUT2D eigenvalue weighted by Crippen LogP contribution is -2.33. The lowest BCUT2D eigenvalue weighted by molar-refractivity contribution is 0.0939. The second-order valence-electron chi connectivity index (χ2n) is 3.32. The molecule has 3 heteroatoms. The van der Waals surface area contributed by atoms with Crippen LogP contribution >= 0.6 is 0 Å². The molecule has 0 saturated carbocycles. The zero-order valence-electron chi connectivity index (χ0n) is 8.36. The quantitative estimate of drug-likeness (QED) is 0.752. The van der Waals surface area contributed by atoms with Gasteiger partial charge in [0.15, 0.2) is 0 Å². The van der Waals surface area contributed by atoms with Gasteiger partial charge in [0.1, 0.15) is 0 Å². The summed E-state index contributed by atoms with van der Waals surface area (Å²) in [5, 5.41) is 2.88. The molecule has 0 radical (unpaired) electrons. The van der Waals surface area contributed by atoms with Crippen molar-refractivity contribution in [1.82, 2.24) is 5.32 Å². The van der Waals surface area contributed by atoms with Gasteiger partial charge in [-0.3, -0.25) is 4.79 Å². The lowest BCUT2D eigenvalue weighted by atomic mass is 10.2. The van der Waals surface area contributed by atoms with E-state index in [4.69, 9.17) is 5.73 Å². The molecule has 1 aromatic carbocycles. The minimum absolute atomic E-state index is 0.0356. The summed E-state index contributed by atoms with van der Waals surface area (Å²) in [7, 11) is 0. The van der Waals surface area contributed by atoms with Crippen LogP contribution in [-0.4, -0.2) is 18.5 Å². The molecule has 3 nitrogen and oxygen atoms in total. The van der Waals surface area contributed by atoms with Crippen LogP contribution in [0.2, 0.25) is 0 Å². The van der Waals surface area contributed by atoms with Gasteiger partial charge >= 0.3 is 0 Å². The Bertz CT molecular complexity index is 285. The molecule has 3 N–H and O–H groups in total. The van der Waals surface area contributed by atoms with Crippen LogP contribution in [0.25, 0.3) is 0 Å². The third-order valence-corrected chi connectivity index (χ3v) is 2.01. The number of hydrogen-bond donors (Lipinski definition) is 2. The third kappa shape index (κ3) is 3.18. The molecule has 14 heavy (non-hydrogen) atoms. The summed E-state index contributed by atoms with van der Waals surface area (Å²) < 4.78 is 0. The Morgan fingerprint density at radius 3 is 2.64 bits per heavy atom. The minimum atomic E-state index is -0.0356. The normalized spacial score (nSPS) is 12.1. The Balaban J connectivity index is 2.51. The first-order valence-electron chi connectivity index (χ1n) is 4.80. The molecule has 1 aromatic rings. The summed E-state index contributed by atoms with van der Waals surface area (Å²) in [5.41, 5.74) is 6.08. The van der Waals surface area contributed by atoms with Crippen LogP contribution in [0, 0.1) is 0 Å². The summed E-state index contributed by atoms with van der Waals surface area (Å²) in [6.45, 7) is 2.55. The molecule has 1 rings (SSSR count). The van der Waals surface area contributed by atoms with E-state index in [1.807, 2.05) is 25.1 Å². The number of carbonyl (C=O) groups is 1. The molecule has 0 aliphatic heterocycles. The van der Waals surface area contributed by atoms with Crippen molar-refractivity contribution in [3.63, 3.8) is 0 Å². The predicted octanol–water partition coefficient (Wildman–Crippen LogP) is 1.15. The van der Waals surface area contributed by atoms with Crippen LogP contribution in [0.5, 0.6) is 0 Å². The maximum absolute atomic E-state index is 11.6. The molecule has 0 aromatic heterocycles. The first kappa shape index (κ1) is 10.7. The summed E-state index contributed by atoms with van der Waals surface area (Å²) in [4.78, 5) is 11.6. The molecule has 0 saturated heterocycles. The van der Waals surface area contributed by atoms with Gasteiger partial charge in [0.05, 0.1) is 0 Å². The largest absolute Gasteiger partial charge is 0.350 e. The number of hydrogen-bond acceptors (Lipinski definition) is 2. The molecular weight excluding hydrogens is 176 g/mol. The van der Waals surface area contributed by atoms with Crippen molar-refractivity contribution in [3.8, 4) is 0 Å². The van der Waals surface area contributed by atoms with E-state index in [1.165, 1.54) is 0 Å². The molecule has 76 valence electrons. The highest BCUT2D eigenvalue weighted by molar-refractivity contribution is 5.94. The van der Waals surface area contributed by atoms with Crippen LogP contribution in [0.3, 0.4) is 0 Å². The van der Waals surface area contributed by atoms with Crippen molar-refractivity contribution < 1.29 is 4.79 Å². The van der Waals surface area contributed by atoms with Gasteiger partial charge in [0.2, 0.25) is 0 Å². The van der Waals surface area contributed by atoms with Crippen LogP contribution in [0.4, 0.5) is 0 Å². The van der Waals surface area contributed by atoms with E-state index in [-0.39, 0.29) is 11.9 Å². The fourth-order valence-corrected chi connectivity index (χ4v) is 1.22. The van der Waals surface area contributed by atoms with Gasteiger partial charge in [-0.15, -0.1) is 0 Å². The fraction of sp³-hybridized carbons (Fsp3) is 0.364. The van der Waals surface area contributed by atoms with Gasteiger partial charge in [0.25, 0.3) is 5.91 Å². The van der Waals surface area contributed by atoms with Gasteiger partial charge < -0.3 is 11.1 Å². The van der Waals surface area contributed by atoms with Crippen LogP contribution < -0.4 is 11.1 Å². The van der Waals surface area contributed by atoms with Crippen molar-refractivity contribution in [3.05, 3.63) is 35.9 Å². The number of amides is 1. The van der Waals surface area contributed by atoms with Crippen LogP contribution in [-0.2, 0) is 0 Å². The molecule has 0 aliphatic carbocycles. The van der Waals surface area contributed by atoms with Crippen molar-refractivity contribution >= 4 is 5.91 Å². The Hall–Kier alpha value is -1.35. The average molecular weight is 192 g/mol. The predicted molar refractivity (Wildman–Crippen MR) is 57.0 cm³/mol. The first-order valence-corrected chi connectivity index (χ1v) is 4.80. The standard InChI is InChI=1S/C11H16N2O/c1-9(7-8-12)13-11(14)10-5-3-2-4-6-10/h2-6,9H,7-8,12H2,1H3,(H,13,14).